The molecule has 0 saturated heterocycles. The van der Waals surface area contributed by atoms with Crippen molar-refractivity contribution in [1.82, 2.24) is 5.32 Å². The van der Waals surface area contributed by atoms with Crippen LogP contribution in [0.1, 0.15) is 52.4 Å². The Labute approximate surface area is 95.0 Å². The van der Waals surface area contributed by atoms with E-state index in [-0.39, 0.29) is 0 Å². The van der Waals surface area contributed by atoms with Crippen LogP contribution in [0.4, 0.5) is 0 Å². The normalized spacial score (nSPS) is 34.2. The fraction of sp³-hybridized carbons (Fsp3) is 1.00. The van der Waals surface area contributed by atoms with Crippen LogP contribution in [0.5, 0.6) is 0 Å². The molecule has 0 radical (unpaired) electrons. The first-order valence-corrected chi connectivity index (χ1v) is 6.96. The van der Waals surface area contributed by atoms with Crippen molar-refractivity contribution in [3.63, 3.8) is 0 Å². The first kappa shape index (κ1) is 11.4. The van der Waals surface area contributed by atoms with Crippen molar-refractivity contribution in [2.24, 2.45) is 23.7 Å². The fourth-order valence-corrected chi connectivity index (χ4v) is 3.55. The molecule has 0 aliphatic heterocycles. The molecule has 15 heavy (non-hydrogen) atoms. The zero-order valence-electron chi connectivity index (χ0n) is 10.5. The van der Waals surface area contributed by atoms with Gasteiger partial charge in [0.1, 0.15) is 0 Å². The van der Waals surface area contributed by atoms with Crippen LogP contribution < -0.4 is 5.32 Å². The highest BCUT2D eigenvalue weighted by Gasteiger charge is 2.38. The van der Waals surface area contributed by atoms with Gasteiger partial charge in [0.15, 0.2) is 0 Å². The summed E-state index contributed by atoms with van der Waals surface area (Å²) in [6.45, 7) is 7.18. The van der Waals surface area contributed by atoms with Crippen molar-refractivity contribution in [2.45, 2.75) is 52.4 Å². The smallest absolute Gasteiger partial charge is 0.00178 e. The topological polar surface area (TPSA) is 12.0 Å². The van der Waals surface area contributed by atoms with E-state index in [1.54, 1.807) is 6.42 Å². The quantitative estimate of drug-likeness (QED) is 0.661. The largest absolute Gasteiger partial charge is 0.316 e. The van der Waals surface area contributed by atoms with E-state index in [1.165, 1.54) is 45.2 Å². The second kappa shape index (κ2) is 5.34. The predicted molar refractivity (Wildman–Crippen MR) is 65.9 cm³/mol. The lowest BCUT2D eigenvalue weighted by molar-refractivity contribution is 0.317. The second-order valence-corrected chi connectivity index (χ2v) is 6.18. The minimum Gasteiger partial charge on any atom is -0.316 e. The van der Waals surface area contributed by atoms with Crippen molar-refractivity contribution >= 4 is 0 Å². The molecular weight excluding hydrogens is 182 g/mol. The summed E-state index contributed by atoms with van der Waals surface area (Å²) < 4.78 is 0. The van der Waals surface area contributed by atoms with Crippen LogP contribution in [-0.4, -0.2) is 13.1 Å². The summed E-state index contributed by atoms with van der Waals surface area (Å²) >= 11 is 0. The van der Waals surface area contributed by atoms with Crippen molar-refractivity contribution in [3.8, 4) is 0 Å². The van der Waals surface area contributed by atoms with Crippen molar-refractivity contribution < 1.29 is 0 Å². The maximum atomic E-state index is 3.67. The number of hydrogen-bond donors (Lipinski definition) is 1. The second-order valence-electron chi connectivity index (χ2n) is 6.18. The van der Waals surface area contributed by atoms with E-state index >= 15 is 0 Å². The lowest BCUT2D eigenvalue weighted by atomic mass is 9.89. The Morgan fingerprint density at radius 1 is 1.20 bits per heavy atom. The molecule has 0 aromatic carbocycles. The van der Waals surface area contributed by atoms with Crippen LogP contribution in [-0.2, 0) is 0 Å². The van der Waals surface area contributed by atoms with Crippen LogP contribution in [0.3, 0.4) is 0 Å². The molecular formula is C14H27N. The molecule has 0 amide bonds. The Hall–Kier alpha value is -0.0400. The average Bonchev–Trinajstić information content (AvgIpc) is 2.78. The summed E-state index contributed by atoms with van der Waals surface area (Å²) in [6, 6.07) is 0. The van der Waals surface area contributed by atoms with Gasteiger partial charge in [-0.2, -0.15) is 0 Å². The van der Waals surface area contributed by atoms with Crippen molar-refractivity contribution in [2.75, 3.05) is 13.1 Å². The molecule has 1 nitrogen and oxygen atoms in total. The SMILES string of the molecule is CC(C)CCCNCC1CC2CCC1C2. The molecule has 0 aromatic rings. The third-order valence-electron chi connectivity index (χ3n) is 4.43. The Morgan fingerprint density at radius 2 is 2.07 bits per heavy atom. The predicted octanol–water partition coefficient (Wildman–Crippen LogP) is 3.45. The van der Waals surface area contributed by atoms with Gasteiger partial charge in [-0.1, -0.05) is 20.3 Å². The van der Waals surface area contributed by atoms with Crippen LogP contribution in [0.2, 0.25) is 0 Å². The van der Waals surface area contributed by atoms with Gasteiger partial charge in [-0.25, -0.2) is 0 Å². The van der Waals surface area contributed by atoms with E-state index in [2.05, 4.69) is 19.2 Å². The highest BCUT2D eigenvalue weighted by molar-refractivity contribution is 4.90. The lowest BCUT2D eigenvalue weighted by Crippen LogP contribution is -2.27. The summed E-state index contributed by atoms with van der Waals surface area (Å²) in [5.41, 5.74) is 0. The molecule has 3 unspecified atom stereocenters. The van der Waals surface area contributed by atoms with Crippen molar-refractivity contribution in [3.05, 3.63) is 0 Å². The van der Waals surface area contributed by atoms with Gasteiger partial charge in [0.25, 0.3) is 0 Å². The van der Waals surface area contributed by atoms with E-state index in [0.29, 0.717) is 0 Å². The first-order chi connectivity index (χ1) is 7.25. The lowest BCUT2D eigenvalue weighted by Gasteiger charge is -2.21. The van der Waals surface area contributed by atoms with Gasteiger partial charge >= 0.3 is 0 Å². The van der Waals surface area contributed by atoms with Gasteiger partial charge in [0.2, 0.25) is 0 Å². The molecule has 0 spiro atoms. The van der Waals surface area contributed by atoms with Gasteiger partial charge in [-0.15, -0.1) is 0 Å². The van der Waals surface area contributed by atoms with E-state index in [9.17, 15) is 0 Å². The summed E-state index contributed by atoms with van der Waals surface area (Å²) in [5.74, 6) is 4.10. The van der Waals surface area contributed by atoms with E-state index in [4.69, 9.17) is 0 Å². The third-order valence-corrected chi connectivity index (χ3v) is 4.43. The van der Waals surface area contributed by atoms with Crippen LogP contribution in [0.15, 0.2) is 0 Å². The number of rotatable bonds is 6. The Bertz CT molecular complexity index is 188. The average molecular weight is 209 g/mol. The van der Waals surface area contributed by atoms with Gasteiger partial charge in [-0.3, -0.25) is 0 Å². The molecule has 3 atom stereocenters. The molecule has 0 aromatic heterocycles. The summed E-state index contributed by atoms with van der Waals surface area (Å²) in [6.07, 6.45) is 8.89. The molecule has 1 heteroatoms. The molecule has 2 aliphatic carbocycles. The van der Waals surface area contributed by atoms with Crippen LogP contribution >= 0.6 is 0 Å². The van der Waals surface area contributed by atoms with Crippen LogP contribution in [0.25, 0.3) is 0 Å². The van der Waals surface area contributed by atoms with Gasteiger partial charge in [0, 0.05) is 0 Å². The molecule has 2 bridgehead atoms. The summed E-state index contributed by atoms with van der Waals surface area (Å²) in [7, 11) is 0. The maximum Gasteiger partial charge on any atom is -0.00178 e. The standard InChI is InChI=1S/C14H27N/c1-11(2)4-3-7-15-10-14-9-12-5-6-13(14)8-12/h11-15H,3-10H2,1-2H3. The fourth-order valence-electron chi connectivity index (χ4n) is 3.55. The Morgan fingerprint density at radius 3 is 2.67 bits per heavy atom. The first-order valence-electron chi connectivity index (χ1n) is 6.96. The van der Waals surface area contributed by atoms with Crippen LogP contribution in [0, 0.1) is 23.7 Å². The number of hydrogen-bond acceptors (Lipinski definition) is 1. The highest BCUT2D eigenvalue weighted by Crippen LogP contribution is 2.47. The third kappa shape index (κ3) is 3.21. The minimum absolute atomic E-state index is 0.870. The maximum absolute atomic E-state index is 3.67. The molecule has 1 N–H and O–H groups in total. The summed E-state index contributed by atoms with van der Waals surface area (Å²) in [5, 5.41) is 3.67. The van der Waals surface area contributed by atoms with Gasteiger partial charge in [0.05, 0.1) is 0 Å². The zero-order valence-corrected chi connectivity index (χ0v) is 10.5. The molecule has 2 rings (SSSR count). The number of nitrogens with one attached hydrogen (secondary N) is 1. The van der Waals surface area contributed by atoms with Gasteiger partial charge in [-0.05, 0) is 68.9 Å². The monoisotopic (exact) mass is 209 g/mol. The molecule has 0 heterocycles. The highest BCUT2D eigenvalue weighted by atomic mass is 14.9. The molecule has 88 valence electrons. The van der Waals surface area contributed by atoms with E-state index < -0.39 is 0 Å². The Balaban J connectivity index is 1.51. The molecule has 2 aliphatic rings. The van der Waals surface area contributed by atoms with E-state index in [1.807, 2.05) is 0 Å². The molecule has 2 fully saturated rings. The zero-order chi connectivity index (χ0) is 10.7. The van der Waals surface area contributed by atoms with Crippen molar-refractivity contribution in [1.29, 1.82) is 0 Å². The Kier molecular flexibility index (Phi) is 4.07. The minimum atomic E-state index is 0.870. The number of fused-ring (bicyclic) bond motifs is 2. The molecule has 2 saturated carbocycles. The van der Waals surface area contributed by atoms with Gasteiger partial charge < -0.3 is 5.32 Å². The van der Waals surface area contributed by atoms with E-state index in [0.717, 1.165) is 23.7 Å². The summed E-state index contributed by atoms with van der Waals surface area (Å²) in [4.78, 5) is 0.